The summed E-state index contributed by atoms with van der Waals surface area (Å²) in [6, 6.07) is 1.72. The smallest absolute Gasteiger partial charge is 0.347 e. The van der Waals surface area contributed by atoms with Crippen molar-refractivity contribution in [1.82, 2.24) is 14.5 Å². The van der Waals surface area contributed by atoms with Crippen LogP contribution in [0.2, 0.25) is 0 Å². The highest BCUT2D eigenvalue weighted by atomic mass is 16.1. The van der Waals surface area contributed by atoms with Crippen LogP contribution in [0.4, 0.5) is 5.69 Å². The zero-order valence-electron chi connectivity index (χ0n) is 9.84. The fourth-order valence-corrected chi connectivity index (χ4v) is 1.62. The van der Waals surface area contributed by atoms with Crippen molar-refractivity contribution in [2.45, 2.75) is 20.4 Å². The summed E-state index contributed by atoms with van der Waals surface area (Å²) in [4.78, 5) is 19.5. The average Bonchev–Trinajstić information content (AvgIpc) is 2.32. The number of nitrogen functional groups attached to an aromatic ring is 1. The second-order valence-corrected chi connectivity index (χ2v) is 3.96. The van der Waals surface area contributed by atoms with E-state index in [0.717, 1.165) is 22.5 Å². The molecule has 0 saturated carbocycles. The van der Waals surface area contributed by atoms with E-state index in [1.165, 1.54) is 10.8 Å². The van der Waals surface area contributed by atoms with Gasteiger partial charge in [0, 0.05) is 24.3 Å². The maximum absolute atomic E-state index is 11.5. The Morgan fingerprint density at radius 2 is 2.12 bits per heavy atom. The summed E-state index contributed by atoms with van der Waals surface area (Å²) in [5, 5.41) is 0. The molecule has 0 spiro atoms. The normalized spacial score (nSPS) is 10.5. The minimum absolute atomic E-state index is 0.284. The fourth-order valence-electron chi connectivity index (χ4n) is 1.62. The molecule has 0 atom stereocenters. The minimum atomic E-state index is -0.284. The van der Waals surface area contributed by atoms with Gasteiger partial charge in [-0.15, -0.1) is 0 Å². The molecule has 0 radical (unpaired) electrons. The highest BCUT2D eigenvalue weighted by Gasteiger charge is 2.07. The SMILES string of the molecule is Cc1cnc(Cn2cccnc2=O)c(C)c1N. The van der Waals surface area contributed by atoms with Crippen LogP contribution < -0.4 is 11.4 Å². The highest BCUT2D eigenvalue weighted by Crippen LogP contribution is 2.18. The molecule has 2 heterocycles. The summed E-state index contributed by atoms with van der Waals surface area (Å²) in [6.45, 7) is 4.21. The van der Waals surface area contributed by atoms with E-state index in [2.05, 4.69) is 9.97 Å². The van der Waals surface area contributed by atoms with Crippen LogP contribution in [0.3, 0.4) is 0 Å². The van der Waals surface area contributed by atoms with Crippen LogP contribution in [-0.4, -0.2) is 14.5 Å². The van der Waals surface area contributed by atoms with E-state index in [4.69, 9.17) is 5.73 Å². The number of nitrogens with zero attached hydrogens (tertiary/aromatic N) is 3. The molecule has 0 aliphatic carbocycles. The number of hydrogen-bond acceptors (Lipinski definition) is 4. The van der Waals surface area contributed by atoms with Crippen molar-refractivity contribution in [2.75, 3.05) is 5.73 Å². The number of rotatable bonds is 2. The Bertz CT molecular complexity index is 604. The van der Waals surface area contributed by atoms with Gasteiger partial charge in [0.15, 0.2) is 0 Å². The molecule has 0 amide bonds. The van der Waals surface area contributed by atoms with Gasteiger partial charge in [-0.1, -0.05) is 0 Å². The van der Waals surface area contributed by atoms with Gasteiger partial charge in [-0.2, -0.15) is 0 Å². The molecule has 0 unspecified atom stereocenters. The van der Waals surface area contributed by atoms with Gasteiger partial charge in [-0.25, -0.2) is 9.78 Å². The molecule has 17 heavy (non-hydrogen) atoms. The first kappa shape index (κ1) is 11.3. The van der Waals surface area contributed by atoms with Gasteiger partial charge in [0.2, 0.25) is 0 Å². The Labute approximate surface area is 99.0 Å². The predicted molar refractivity (Wildman–Crippen MR) is 65.7 cm³/mol. The van der Waals surface area contributed by atoms with E-state index in [1.54, 1.807) is 18.5 Å². The van der Waals surface area contributed by atoms with Crippen LogP contribution >= 0.6 is 0 Å². The fraction of sp³-hybridized carbons (Fsp3) is 0.250. The van der Waals surface area contributed by atoms with Gasteiger partial charge in [0.1, 0.15) is 0 Å². The van der Waals surface area contributed by atoms with Crippen molar-refractivity contribution in [1.29, 1.82) is 0 Å². The van der Waals surface area contributed by atoms with E-state index in [-0.39, 0.29) is 5.69 Å². The van der Waals surface area contributed by atoms with Crippen LogP contribution in [0.25, 0.3) is 0 Å². The number of hydrogen-bond donors (Lipinski definition) is 1. The molecule has 2 N–H and O–H groups in total. The zero-order chi connectivity index (χ0) is 12.4. The van der Waals surface area contributed by atoms with E-state index in [0.29, 0.717) is 6.54 Å². The Morgan fingerprint density at radius 3 is 2.82 bits per heavy atom. The van der Waals surface area contributed by atoms with Crippen molar-refractivity contribution in [3.05, 3.63) is 52.0 Å². The molecule has 88 valence electrons. The number of anilines is 1. The Morgan fingerprint density at radius 1 is 1.35 bits per heavy atom. The van der Waals surface area contributed by atoms with Gasteiger partial charge < -0.3 is 5.73 Å². The second kappa shape index (κ2) is 4.37. The molecule has 0 aliphatic heterocycles. The lowest BCUT2D eigenvalue weighted by molar-refractivity contribution is 0.706. The van der Waals surface area contributed by atoms with Gasteiger partial charge in [-0.3, -0.25) is 9.55 Å². The predicted octanol–water partition coefficient (Wildman–Crippen LogP) is 0.886. The molecule has 0 aliphatic rings. The molecule has 2 aromatic heterocycles. The Kier molecular flexibility index (Phi) is 2.91. The standard InChI is InChI=1S/C12H14N4O/c1-8-6-15-10(9(2)11(8)13)7-16-5-3-4-14-12(16)17/h3-6H,7H2,1-2H3,(H2,13,15). The second-order valence-electron chi connectivity index (χ2n) is 3.96. The molecule has 5 nitrogen and oxygen atoms in total. The molecule has 2 rings (SSSR count). The van der Waals surface area contributed by atoms with Crippen molar-refractivity contribution in [2.24, 2.45) is 0 Å². The van der Waals surface area contributed by atoms with E-state index in [1.807, 2.05) is 13.8 Å². The topological polar surface area (TPSA) is 73.8 Å². The first-order valence-electron chi connectivity index (χ1n) is 5.31. The van der Waals surface area contributed by atoms with E-state index >= 15 is 0 Å². The third-order valence-electron chi connectivity index (χ3n) is 2.78. The minimum Gasteiger partial charge on any atom is -0.398 e. The highest BCUT2D eigenvalue weighted by molar-refractivity contribution is 5.53. The van der Waals surface area contributed by atoms with Gasteiger partial charge in [0.05, 0.1) is 12.2 Å². The first-order valence-corrected chi connectivity index (χ1v) is 5.31. The lowest BCUT2D eigenvalue weighted by Crippen LogP contribution is -2.23. The van der Waals surface area contributed by atoms with E-state index < -0.39 is 0 Å². The lowest BCUT2D eigenvalue weighted by Gasteiger charge is -2.10. The number of aryl methyl sites for hydroxylation is 1. The number of nitrogens with two attached hydrogens (primary N) is 1. The Hall–Kier alpha value is -2.17. The summed E-state index contributed by atoms with van der Waals surface area (Å²) in [5.41, 5.74) is 9.04. The molecule has 0 bridgehead atoms. The molecule has 0 aromatic carbocycles. The molecule has 0 saturated heterocycles. The summed E-state index contributed by atoms with van der Waals surface area (Å²) in [6.07, 6.45) is 4.88. The van der Waals surface area contributed by atoms with Crippen LogP contribution in [0.1, 0.15) is 16.8 Å². The molecular weight excluding hydrogens is 216 g/mol. The van der Waals surface area contributed by atoms with Crippen molar-refractivity contribution in [3.8, 4) is 0 Å². The van der Waals surface area contributed by atoms with Crippen molar-refractivity contribution in [3.63, 3.8) is 0 Å². The maximum Gasteiger partial charge on any atom is 0.347 e. The van der Waals surface area contributed by atoms with Crippen molar-refractivity contribution >= 4 is 5.69 Å². The lowest BCUT2D eigenvalue weighted by atomic mass is 10.1. The summed E-state index contributed by atoms with van der Waals surface area (Å²) in [7, 11) is 0. The third-order valence-corrected chi connectivity index (χ3v) is 2.78. The van der Waals surface area contributed by atoms with Gasteiger partial charge in [0.25, 0.3) is 0 Å². The quantitative estimate of drug-likeness (QED) is 0.831. The third kappa shape index (κ3) is 2.18. The zero-order valence-corrected chi connectivity index (χ0v) is 9.84. The monoisotopic (exact) mass is 230 g/mol. The molecule has 5 heteroatoms. The molecular formula is C12H14N4O. The van der Waals surface area contributed by atoms with Crippen molar-refractivity contribution < 1.29 is 0 Å². The summed E-state index contributed by atoms with van der Waals surface area (Å²) in [5.74, 6) is 0. The largest absolute Gasteiger partial charge is 0.398 e. The van der Waals surface area contributed by atoms with Crippen LogP contribution in [-0.2, 0) is 6.54 Å². The van der Waals surface area contributed by atoms with Gasteiger partial charge in [-0.05, 0) is 31.0 Å². The number of pyridine rings is 1. The number of aromatic nitrogens is 3. The first-order chi connectivity index (χ1) is 8.09. The van der Waals surface area contributed by atoms with Crippen LogP contribution in [0.15, 0.2) is 29.5 Å². The van der Waals surface area contributed by atoms with Gasteiger partial charge >= 0.3 is 5.69 Å². The average molecular weight is 230 g/mol. The van der Waals surface area contributed by atoms with Crippen LogP contribution in [0, 0.1) is 13.8 Å². The maximum atomic E-state index is 11.5. The Balaban J connectivity index is 2.41. The van der Waals surface area contributed by atoms with Crippen LogP contribution in [0.5, 0.6) is 0 Å². The van der Waals surface area contributed by atoms with E-state index in [9.17, 15) is 4.79 Å². The molecule has 2 aromatic rings. The summed E-state index contributed by atoms with van der Waals surface area (Å²) < 4.78 is 1.50. The molecule has 0 fully saturated rings. The summed E-state index contributed by atoms with van der Waals surface area (Å²) >= 11 is 0.